The van der Waals surface area contributed by atoms with E-state index in [-0.39, 0.29) is 11.8 Å². The van der Waals surface area contributed by atoms with Crippen molar-refractivity contribution in [3.63, 3.8) is 0 Å². The molecule has 2 amide bonds. The van der Waals surface area contributed by atoms with Crippen LogP contribution in [-0.2, 0) is 0 Å². The Bertz CT molecular complexity index is 1320. The summed E-state index contributed by atoms with van der Waals surface area (Å²) in [6, 6.07) is 21.1. The molecule has 1 aliphatic heterocycles. The molecule has 1 saturated heterocycles. The molecule has 3 N–H and O–H groups in total. The SMILES string of the molecule is Cc1ccc(C(=O)N2CCN(C(=O)c3ccc(-c4ccc5c(N)n[nH]c5c4)cc3)CC2)cc1. The molecule has 0 aliphatic carbocycles. The summed E-state index contributed by atoms with van der Waals surface area (Å²) in [4.78, 5) is 29.4. The number of carbonyl (C=O) groups is 2. The predicted octanol–water partition coefficient (Wildman–Crippen LogP) is 3.72. The molecule has 3 aromatic carbocycles. The highest BCUT2D eigenvalue weighted by atomic mass is 16.2. The Kier molecular flexibility index (Phi) is 5.30. The van der Waals surface area contributed by atoms with E-state index in [0.29, 0.717) is 43.1 Å². The van der Waals surface area contributed by atoms with Gasteiger partial charge < -0.3 is 15.5 Å². The number of H-pyrrole nitrogens is 1. The molecule has 4 aromatic rings. The lowest BCUT2D eigenvalue weighted by atomic mass is 10.0. The molecular weight excluding hydrogens is 414 g/mol. The highest BCUT2D eigenvalue weighted by Crippen LogP contribution is 2.26. The van der Waals surface area contributed by atoms with Crippen molar-refractivity contribution in [1.82, 2.24) is 20.0 Å². The van der Waals surface area contributed by atoms with E-state index in [0.717, 1.165) is 27.6 Å². The summed E-state index contributed by atoms with van der Waals surface area (Å²) >= 11 is 0. The number of aromatic nitrogens is 2. The van der Waals surface area contributed by atoms with Gasteiger partial charge in [0.2, 0.25) is 0 Å². The van der Waals surface area contributed by atoms with Crippen molar-refractivity contribution in [3.8, 4) is 11.1 Å². The summed E-state index contributed by atoms with van der Waals surface area (Å²) in [6.07, 6.45) is 0. The Morgan fingerprint density at radius 3 is 1.88 bits per heavy atom. The number of nitrogens with zero attached hydrogens (tertiary/aromatic N) is 3. The molecule has 166 valence electrons. The number of anilines is 1. The van der Waals surface area contributed by atoms with Gasteiger partial charge in [-0.15, -0.1) is 0 Å². The van der Waals surface area contributed by atoms with Crippen molar-refractivity contribution in [2.24, 2.45) is 0 Å². The van der Waals surface area contributed by atoms with Crippen molar-refractivity contribution in [1.29, 1.82) is 0 Å². The average molecular weight is 440 g/mol. The molecule has 0 atom stereocenters. The minimum Gasteiger partial charge on any atom is -0.382 e. The van der Waals surface area contributed by atoms with Crippen LogP contribution in [0.25, 0.3) is 22.0 Å². The second kappa shape index (κ2) is 8.43. The first-order valence-electron chi connectivity index (χ1n) is 11.0. The molecule has 2 heterocycles. The van der Waals surface area contributed by atoms with Crippen LogP contribution in [0.1, 0.15) is 26.3 Å². The lowest BCUT2D eigenvalue weighted by Gasteiger charge is -2.35. The molecule has 7 nitrogen and oxygen atoms in total. The quantitative estimate of drug-likeness (QED) is 0.509. The second-order valence-electron chi connectivity index (χ2n) is 8.40. The van der Waals surface area contributed by atoms with Crippen molar-refractivity contribution in [3.05, 3.63) is 83.4 Å². The van der Waals surface area contributed by atoms with Gasteiger partial charge in [0.25, 0.3) is 11.8 Å². The van der Waals surface area contributed by atoms with E-state index in [1.165, 1.54) is 0 Å². The van der Waals surface area contributed by atoms with E-state index in [2.05, 4.69) is 10.2 Å². The Morgan fingerprint density at radius 2 is 1.30 bits per heavy atom. The third-order valence-electron chi connectivity index (χ3n) is 6.21. The largest absolute Gasteiger partial charge is 0.382 e. The van der Waals surface area contributed by atoms with Crippen molar-refractivity contribution >= 4 is 28.5 Å². The number of piperazine rings is 1. The van der Waals surface area contributed by atoms with Crippen molar-refractivity contribution in [2.45, 2.75) is 6.92 Å². The molecule has 0 saturated carbocycles. The predicted molar refractivity (Wildman–Crippen MR) is 129 cm³/mol. The Morgan fingerprint density at radius 1 is 0.788 bits per heavy atom. The number of amides is 2. The number of aryl methyl sites for hydroxylation is 1. The average Bonchev–Trinajstić information content (AvgIpc) is 3.24. The molecule has 0 bridgehead atoms. The Balaban J connectivity index is 1.23. The van der Waals surface area contributed by atoms with Crippen LogP contribution in [0.2, 0.25) is 0 Å². The van der Waals surface area contributed by atoms with Gasteiger partial charge in [-0.05, 0) is 54.4 Å². The van der Waals surface area contributed by atoms with E-state index < -0.39 is 0 Å². The highest BCUT2D eigenvalue weighted by Gasteiger charge is 2.25. The van der Waals surface area contributed by atoms with Crippen LogP contribution < -0.4 is 5.73 Å². The van der Waals surface area contributed by atoms with Crippen LogP contribution in [-0.4, -0.2) is 58.0 Å². The van der Waals surface area contributed by atoms with Crippen molar-refractivity contribution < 1.29 is 9.59 Å². The number of carbonyl (C=O) groups excluding carboxylic acids is 2. The van der Waals surface area contributed by atoms with Gasteiger partial charge >= 0.3 is 0 Å². The maximum Gasteiger partial charge on any atom is 0.253 e. The van der Waals surface area contributed by atoms with E-state index in [4.69, 9.17) is 5.73 Å². The zero-order chi connectivity index (χ0) is 22.9. The second-order valence-corrected chi connectivity index (χ2v) is 8.40. The number of nitrogen functional groups attached to an aromatic ring is 1. The van der Waals surface area contributed by atoms with Gasteiger partial charge in [-0.3, -0.25) is 14.7 Å². The number of rotatable bonds is 3. The number of aromatic amines is 1. The summed E-state index contributed by atoms with van der Waals surface area (Å²) in [7, 11) is 0. The Labute approximate surface area is 191 Å². The zero-order valence-electron chi connectivity index (χ0n) is 18.4. The third kappa shape index (κ3) is 4.05. The van der Waals surface area contributed by atoms with Crippen molar-refractivity contribution in [2.75, 3.05) is 31.9 Å². The number of nitrogens with two attached hydrogens (primary N) is 1. The number of nitrogens with one attached hydrogen (secondary N) is 1. The zero-order valence-corrected chi connectivity index (χ0v) is 18.4. The number of hydrogen-bond acceptors (Lipinski definition) is 4. The van der Waals surface area contributed by atoms with Crippen LogP contribution in [0.15, 0.2) is 66.7 Å². The van der Waals surface area contributed by atoms with Gasteiger partial charge in [-0.25, -0.2) is 0 Å². The number of benzene rings is 3. The topological polar surface area (TPSA) is 95.3 Å². The van der Waals surface area contributed by atoms with Crippen LogP contribution in [0.4, 0.5) is 5.82 Å². The van der Waals surface area contributed by atoms with Gasteiger partial charge in [0.1, 0.15) is 0 Å². The molecule has 1 aliphatic rings. The number of hydrogen-bond donors (Lipinski definition) is 2. The minimum atomic E-state index is -0.0132. The Hall–Kier alpha value is -4.13. The van der Waals surface area contributed by atoms with Gasteiger partial charge in [0.05, 0.1) is 5.52 Å². The molecule has 1 aromatic heterocycles. The first kappa shape index (κ1) is 20.8. The highest BCUT2D eigenvalue weighted by molar-refractivity contribution is 5.97. The first-order valence-corrected chi connectivity index (χ1v) is 11.0. The maximum atomic E-state index is 13.0. The minimum absolute atomic E-state index is 0.0132. The summed E-state index contributed by atoms with van der Waals surface area (Å²) < 4.78 is 0. The van der Waals surface area contributed by atoms with Crippen LogP contribution in [0.5, 0.6) is 0 Å². The fourth-order valence-electron chi connectivity index (χ4n) is 4.20. The molecule has 0 unspecified atom stereocenters. The summed E-state index contributed by atoms with van der Waals surface area (Å²) in [5.41, 5.74) is 11.2. The molecule has 1 fully saturated rings. The fraction of sp³-hybridized carbons (Fsp3) is 0.192. The summed E-state index contributed by atoms with van der Waals surface area (Å²) in [5, 5.41) is 7.86. The lowest BCUT2D eigenvalue weighted by molar-refractivity contribution is 0.0535. The van der Waals surface area contributed by atoms with Gasteiger partial charge in [0, 0.05) is 42.7 Å². The third-order valence-corrected chi connectivity index (χ3v) is 6.21. The summed E-state index contributed by atoms with van der Waals surface area (Å²) in [5.74, 6) is 0.487. The smallest absolute Gasteiger partial charge is 0.253 e. The monoisotopic (exact) mass is 439 g/mol. The van der Waals surface area contributed by atoms with Crippen LogP contribution in [0.3, 0.4) is 0 Å². The van der Waals surface area contributed by atoms with E-state index in [1.807, 2.05) is 83.5 Å². The normalized spacial score (nSPS) is 14.0. The van der Waals surface area contributed by atoms with Gasteiger partial charge in [-0.2, -0.15) is 5.10 Å². The molecule has 7 heteroatoms. The molecule has 0 radical (unpaired) electrons. The lowest BCUT2D eigenvalue weighted by Crippen LogP contribution is -2.50. The summed E-state index contributed by atoms with van der Waals surface area (Å²) in [6.45, 7) is 4.11. The van der Waals surface area contributed by atoms with Crippen LogP contribution >= 0.6 is 0 Å². The molecule has 0 spiro atoms. The van der Waals surface area contributed by atoms with Crippen LogP contribution in [0, 0.1) is 6.92 Å². The molecule has 5 rings (SSSR count). The molecule has 33 heavy (non-hydrogen) atoms. The maximum absolute atomic E-state index is 13.0. The van der Waals surface area contributed by atoms with Gasteiger partial charge in [0.15, 0.2) is 5.82 Å². The van der Waals surface area contributed by atoms with Gasteiger partial charge in [-0.1, -0.05) is 35.9 Å². The van der Waals surface area contributed by atoms with E-state index in [1.54, 1.807) is 0 Å². The van der Waals surface area contributed by atoms with E-state index >= 15 is 0 Å². The number of fused-ring (bicyclic) bond motifs is 1. The standard InChI is InChI=1S/C26H25N5O2/c1-17-2-4-19(5-3-17)25(32)30-12-14-31(15-13-30)26(33)20-8-6-18(7-9-20)21-10-11-22-23(16-21)28-29-24(22)27/h2-11,16H,12-15H2,1H3,(H3,27,28,29). The molecular formula is C26H25N5O2. The first-order chi connectivity index (χ1) is 16.0. The fourth-order valence-corrected chi connectivity index (χ4v) is 4.20. The van der Waals surface area contributed by atoms with E-state index in [9.17, 15) is 9.59 Å².